The molecule has 0 bridgehead atoms. The fourth-order valence-electron chi connectivity index (χ4n) is 2.05. The molecule has 0 amide bonds. The zero-order chi connectivity index (χ0) is 9.97. The minimum atomic E-state index is 1.03. The van der Waals surface area contributed by atoms with E-state index in [9.17, 15) is 0 Å². The van der Waals surface area contributed by atoms with Gasteiger partial charge in [0.25, 0.3) is 0 Å². The summed E-state index contributed by atoms with van der Waals surface area (Å²) in [4.78, 5) is 0. The maximum absolute atomic E-state index is 3.97. The zero-order valence-corrected chi connectivity index (χ0v) is 8.55. The molecule has 0 saturated carbocycles. The summed E-state index contributed by atoms with van der Waals surface area (Å²) >= 11 is 0. The number of hydrogen-bond acceptors (Lipinski definition) is 0. The molecular weight excluding hydrogens is 168 g/mol. The van der Waals surface area contributed by atoms with Crippen molar-refractivity contribution in [1.29, 1.82) is 0 Å². The summed E-state index contributed by atoms with van der Waals surface area (Å²) in [7, 11) is 0. The molecule has 1 aromatic rings. The lowest BCUT2D eigenvalue weighted by atomic mass is 9.89. The lowest BCUT2D eigenvalue weighted by Gasteiger charge is -2.16. The Balaban J connectivity index is 2.38. The normalized spacial score (nSPS) is 14.6. The van der Waals surface area contributed by atoms with E-state index in [1.807, 2.05) is 6.08 Å². The van der Waals surface area contributed by atoms with Gasteiger partial charge in [-0.3, -0.25) is 0 Å². The molecule has 0 saturated heterocycles. The van der Waals surface area contributed by atoms with Crippen LogP contribution < -0.4 is 0 Å². The Morgan fingerprint density at radius 1 is 1.14 bits per heavy atom. The highest BCUT2D eigenvalue weighted by Gasteiger charge is 2.09. The van der Waals surface area contributed by atoms with Crippen LogP contribution in [0.3, 0.4) is 0 Å². The predicted octanol–water partition coefficient (Wildman–Crippen LogP) is 3.76. The quantitative estimate of drug-likeness (QED) is 0.614. The summed E-state index contributed by atoms with van der Waals surface area (Å²) in [6.07, 6.45) is 6.97. The van der Waals surface area contributed by atoms with E-state index in [2.05, 4.69) is 31.4 Å². The Morgan fingerprint density at radius 3 is 2.57 bits per heavy atom. The molecule has 0 N–H and O–H groups in total. The van der Waals surface area contributed by atoms with Crippen molar-refractivity contribution in [3.8, 4) is 0 Å². The van der Waals surface area contributed by atoms with Crippen LogP contribution in [-0.2, 0) is 12.8 Å². The third-order valence-corrected chi connectivity index (χ3v) is 2.97. The topological polar surface area (TPSA) is 0 Å². The average Bonchev–Trinajstić information content (AvgIpc) is 2.27. The van der Waals surface area contributed by atoms with E-state index in [0.29, 0.717) is 0 Å². The molecule has 0 atom stereocenters. The second-order valence-corrected chi connectivity index (χ2v) is 3.92. The van der Waals surface area contributed by atoms with Crippen LogP contribution in [0.2, 0.25) is 0 Å². The van der Waals surface area contributed by atoms with Gasteiger partial charge in [-0.2, -0.15) is 0 Å². The van der Waals surface area contributed by atoms with E-state index in [1.165, 1.54) is 42.4 Å². The van der Waals surface area contributed by atoms with Crippen LogP contribution >= 0.6 is 0 Å². The molecule has 0 heteroatoms. The van der Waals surface area contributed by atoms with Crippen molar-refractivity contribution in [3.63, 3.8) is 0 Å². The first-order valence-corrected chi connectivity index (χ1v) is 5.25. The number of fused-ring (bicyclic) bond motifs is 1. The SMILES string of the molecule is C=CC(=C)c1ccc2c(c1)CCCC2. The molecule has 0 fully saturated rings. The molecular formula is C14H16. The van der Waals surface area contributed by atoms with Crippen molar-refractivity contribution < 1.29 is 0 Å². The summed E-state index contributed by atoms with van der Waals surface area (Å²) in [5.41, 5.74) is 5.28. The maximum atomic E-state index is 3.97. The minimum absolute atomic E-state index is 1.03. The van der Waals surface area contributed by atoms with Crippen LogP contribution in [0.25, 0.3) is 5.57 Å². The highest BCUT2D eigenvalue weighted by atomic mass is 14.1. The molecule has 14 heavy (non-hydrogen) atoms. The summed E-state index contributed by atoms with van der Waals surface area (Å²) in [6.45, 7) is 7.72. The summed E-state index contributed by atoms with van der Waals surface area (Å²) in [5.74, 6) is 0. The predicted molar refractivity (Wildman–Crippen MR) is 62.3 cm³/mol. The largest absolute Gasteiger partial charge is 0.0985 e. The van der Waals surface area contributed by atoms with Crippen LogP contribution in [0, 0.1) is 0 Å². The molecule has 0 spiro atoms. The van der Waals surface area contributed by atoms with Gasteiger partial charge in [0.15, 0.2) is 0 Å². The van der Waals surface area contributed by atoms with Gasteiger partial charge in [0, 0.05) is 0 Å². The summed E-state index contributed by atoms with van der Waals surface area (Å²) in [6, 6.07) is 6.69. The van der Waals surface area contributed by atoms with Crippen molar-refractivity contribution >= 4 is 5.57 Å². The monoisotopic (exact) mass is 184 g/mol. The summed E-state index contributed by atoms with van der Waals surface area (Å²) in [5, 5.41) is 0. The van der Waals surface area contributed by atoms with Crippen LogP contribution in [-0.4, -0.2) is 0 Å². The van der Waals surface area contributed by atoms with Crippen LogP contribution in [0.15, 0.2) is 37.4 Å². The Hall–Kier alpha value is -1.30. The van der Waals surface area contributed by atoms with E-state index in [4.69, 9.17) is 0 Å². The fraction of sp³-hybridized carbons (Fsp3) is 0.286. The van der Waals surface area contributed by atoms with E-state index < -0.39 is 0 Å². The smallest absolute Gasteiger partial charge is 0.0187 e. The molecule has 0 nitrogen and oxygen atoms in total. The molecule has 2 rings (SSSR count). The van der Waals surface area contributed by atoms with E-state index >= 15 is 0 Å². The number of hydrogen-bond donors (Lipinski definition) is 0. The lowest BCUT2D eigenvalue weighted by molar-refractivity contribution is 0.685. The minimum Gasteiger partial charge on any atom is -0.0985 e. The first kappa shape index (κ1) is 9.26. The highest BCUT2D eigenvalue weighted by Crippen LogP contribution is 2.24. The third kappa shape index (κ3) is 1.65. The molecule has 0 unspecified atom stereocenters. The van der Waals surface area contributed by atoms with Gasteiger partial charge in [-0.25, -0.2) is 0 Å². The Labute approximate surface area is 86.0 Å². The fourth-order valence-corrected chi connectivity index (χ4v) is 2.05. The van der Waals surface area contributed by atoms with Crippen molar-refractivity contribution in [2.45, 2.75) is 25.7 Å². The number of aryl methyl sites for hydroxylation is 2. The zero-order valence-electron chi connectivity index (χ0n) is 8.55. The highest BCUT2D eigenvalue weighted by molar-refractivity contribution is 5.72. The van der Waals surface area contributed by atoms with Gasteiger partial charge in [0.2, 0.25) is 0 Å². The van der Waals surface area contributed by atoms with Crippen molar-refractivity contribution in [2.75, 3.05) is 0 Å². The molecule has 0 heterocycles. The maximum Gasteiger partial charge on any atom is -0.0187 e. The van der Waals surface area contributed by atoms with Gasteiger partial charge in [0.1, 0.15) is 0 Å². The first-order chi connectivity index (χ1) is 6.81. The second-order valence-electron chi connectivity index (χ2n) is 3.92. The third-order valence-electron chi connectivity index (χ3n) is 2.97. The van der Waals surface area contributed by atoms with E-state index in [0.717, 1.165) is 5.57 Å². The van der Waals surface area contributed by atoms with Gasteiger partial charge in [0.05, 0.1) is 0 Å². The number of benzene rings is 1. The Morgan fingerprint density at radius 2 is 1.86 bits per heavy atom. The molecule has 0 aromatic heterocycles. The van der Waals surface area contributed by atoms with E-state index in [-0.39, 0.29) is 0 Å². The van der Waals surface area contributed by atoms with Crippen LogP contribution in [0.5, 0.6) is 0 Å². The van der Waals surface area contributed by atoms with Crippen molar-refractivity contribution in [2.24, 2.45) is 0 Å². The van der Waals surface area contributed by atoms with Gasteiger partial charge in [-0.15, -0.1) is 0 Å². The summed E-state index contributed by atoms with van der Waals surface area (Å²) < 4.78 is 0. The number of rotatable bonds is 2. The average molecular weight is 184 g/mol. The lowest BCUT2D eigenvalue weighted by Crippen LogP contribution is -2.02. The Kier molecular flexibility index (Phi) is 2.53. The van der Waals surface area contributed by atoms with Gasteiger partial charge >= 0.3 is 0 Å². The molecule has 0 radical (unpaired) electrons. The van der Waals surface area contributed by atoms with Gasteiger partial charge < -0.3 is 0 Å². The van der Waals surface area contributed by atoms with Gasteiger partial charge in [-0.1, -0.05) is 37.4 Å². The second kappa shape index (κ2) is 3.83. The van der Waals surface area contributed by atoms with Gasteiger partial charge in [-0.05, 0) is 47.9 Å². The van der Waals surface area contributed by atoms with Crippen LogP contribution in [0.1, 0.15) is 29.5 Å². The Bertz CT molecular complexity index is 372. The first-order valence-electron chi connectivity index (χ1n) is 5.25. The van der Waals surface area contributed by atoms with E-state index in [1.54, 1.807) is 0 Å². The standard InChI is InChI=1S/C14H16/c1-3-11(2)13-9-8-12-6-4-5-7-14(12)10-13/h3,8-10H,1-2,4-7H2. The van der Waals surface area contributed by atoms with Crippen LogP contribution in [0.4, 0.5) is 0 Å². The molecule has 72 valence electrons. The number of allylic oxidation sites excluding steroid dienone is 2. The molecule has 0 aliphatic heterocycles. The molecule has 1 aromatic carbocycles. The molecule has 1 aliphatic rings. The van der Waals surface area contributed by atoms with Crippen molar-refractivity contribution in [1.82, 2.24) is 0 Å². The van der Waals surface area contributed by atoms with Crippen molar-refractivity contribution in [3.05, 3.63) is 54.1 Å². The molecule has 1 aliphatic carbocycles.